The Morgan fingerprint density at radius 2 is 1.95 bits per heavy atom. The molecular formula is C29H24Cl2N4O2. The smallest absolute Gasteiger partial charge is 0.251 e. The van der Waals surface area contributed by atoms with Crippen LogP contribution in [-0.4, -0.2) is 22.4 Å². The highest BCUT2D eigenvalue weighted by Crippen LogP contribution is 2.55. The summed E-state index contributed by atoms with van der Waals surface area (Å²) in [6.45, 7) is 4.56. The van der Waals surface area contributed by atoms with Gasteiger partial charge in [-0.05, 0) is 60.5 Å². The summed E-state index contributed by atoms with van der Waals surface area (Å²) in [5, 5.41) is 6.34. The van der Waals surface area contributed by atoms with E-state index in [0.29, 0.717) is 22.4 Å². The molecule has 3 aromatic carbocycles. The molecule has 6 nitrogen and oxygen atoms in total. The minimum Gasteiger partial charge on any atom is -0.469 e. The predicted molar refractivity (Wildman–Crippen MR) is 149 cm³/mol. The molecule has 2 N–H and O–H groups in total. The summed E-state index contributed by atoms with van der Waals surface area (Å²) in [4.78, 5) is 15.0. The predicted octanol–water partition coefficient (Wildman–Crippen LogP) is 5.91. The number of nitrogens with zero attached hydrogens (tertiary/aromatic N) is 3. The Morgan fingerprint density at radius 3 is 2.65 bits per heavy atom. The first kappa shape index (κ1) is 23.6. The van der Waals surface area contributed by atoms with Crippen LogP contribution in [0.15, 0.2) is 83.3 Å². The summed E-state index contributed by atoms with van der Waals surface area (Å²) in [5.74, 6) is 7.22. The van der Waals surface area contributed by atoms with Gasteiger partial charge < -0.3 is 20.0 Å². The number of pyridine rings is 1. The maximum atomic E-state index is 13.2. The van der Waals surface area contributed by atoms with Crippen molar-refractivity contribution in [3.63, 3.8) is 0 Å². The largest absolute Gasteiger partial charge is 0.469 e. The summed E-state index contributed by atoms with van der Waals surface area (Å²) < 4.78 is 8.57. The van der Waals surface area contributed by atoms with Crippen molar-refractivity contribution in [2.75, 3.05) is 7.05 Å². The number of nitrogens with two attached hydrogens (primary N) is 1. The summed E-state index contributed by atoms with van der Waals surface area (Å²) >= 11 is 12.6. The lowest BCUT2D eigenvalue weighted by atomic mass is 9.76. The van der Waals surface area contributed by atoms with Crippen molar-refractivity contribution in [2.45, 2.75) is 25.0 Å². The number of ether oxygens (including phenoxy) is 1. The Bertz CT molecular complexity index is 1680. The molecule has 0 saturated heterocycles. The molecule has 1 aromatic heterocycles. The molecule has 0 amide bonds. The molecule has 4 aromatic rings. The molecule has 1 unspecified atom stereocenters. The van der Waals surface area contributed by atoms with E-state index in [2.05, 4.69) is 17.7 Å². The minimum absolute atomic E-state index is 0.0396. The van der Waals surface area contributed by atoms with Crippen LogP contribution < -0.4 is 16.1 Å². The zero-order valence-corrected chi connectivity index (χ0v) is 21.7. The monoisotopic (exact) mass is 530 g/mol. The van der Waals surface area contributed by atoms with Gasteiger partial charge in [0, 0.05) is 46.2 Å². The molecule has 0 aliphatic carbocycles. The molecule has 6 rings (SSSR count). The van der Waals surface area contributed by atoms with Crippen LogP contribution in [0, 0.1) is 0 Å². The molecule has 0 spiro atoms. The Kier molecular flexibility index (Phi) is 5.55. The van der Waals surface area contributed by atoms with Crippen LogP contribution in [0.4, 0.5) is 0 Å². The maximum absolute atomic E-state index is 13.2. The SMILES string of the molecule is C=CN(C)/C(=N\N)C1(c2ccc(Cl)cc2)Oc2c1cc1c(-c3cccc(Cl)c3)cc(=O)n3c1c2CCC3. The van der Waals surface area contributed by atoms with Crippen LogP contribution >= 0.6 is 23.2 Å². The fraction of sp³-hybridized carbons (Fsp3) is 0.172. The molecular weight excluding hydrogens is 507 g/mol. The zero-order valence-electron chi connectivity index (χ0n) is 20.2. The molecule has 3 heterocycles. The molecule has 0 saturated carbocycles. The maximum Gasteiger partial charge on any atom is 0.251 e. The second-order valence-corrected chi connectivity index (χ2v) is 10.2. The van der Waals surface area contributed by atoms with Gasteiger partial charge in [0.05, 0.1) is 11.1 Å². The Labute approximate surface area is 224 Å². The number of benzene rings is 3. The summed E-state index contributed by atoms with van der Waals surface area (Å²) in [6.07, 6.45) is 3.28. The van der Waals surface area contributed by atoms with Gasteiger partial charge >= 0.3 is 0 Å². The number of rotatable bonds is 4. The topological polar surface area (TPSA) is 72.8 Å². The van der Waals surface area contributed by atoms with Crippen LogP contribution in [0.5, 0.6) is 5.75 Å². The molecule has 0 fully saturated rings. The highest BCUT2D eigenvalue weighted by Gasteiger charge is 2.54. The van der Waals surface area contributed by atoms with E-state index in [4.69, 9.17) is 33.8 Å². The van der Waals surface area contributed by atoms with Crippen molar-refractivity contribution in [1.82, 2.24) is 9.47 Å². The van der Waals surface area contributed by atoms with Crippen molar-refractivity contribution in [3.05, 3.63) is 111 Å². The van der Waals surface area contributed by atoms with Crippen LogP contribution in [0.1, 0.15) is 23.1 Å². The van der Waals surface area contributed by atoms with Crippen molar-refractivity contribution >= 4 is 39.9 Å². The van der Waals surface area contributed by atoms with Gasteiger partial charge in [0.25, 0.3) is 5.56 Å². The highest BCUT2D eigenvalue weighted by molar-refractivity contribution is 6.31. The molecule has 186 valence electrons. The second kappa shape index (κ2) is 8.68. The van der Waals surface area contributed by atoms with Gasteiger partial charge in [-0.3, -0.25) is 4.79 Å². The van der Waals surface area contributed by atoms with E-state index in [9.17, 15) is 4.79 Å². The van der Waals surface area contributed by atoms with Crippen molar-refractivity contribution < 1.29 is 4.74 Å². The van der Waals surface area contributed by atoms with E-state index >= 15 is 0 Å². The van der Waals surface area contributed by atoms with Crippen molar-refractivity contribution in [3.8, 4) is 16.9 Å². The summed E-state index contributed by atoms with van der Waals surface area (Å²) in [5.41, 5.74) is 4.26. The van der Waals surface area contributed by atoms with Gasteiger partial charge in [0.2, 0.25) is 5.60 Å². The number of hydrogen-bond donors (Lipinski definition) is 1. The number of amidine groups is 1. The van der Waals surface area contributed by atoms with E-state index in [0.717, 1.165) is 57.3 Å². The molecule has 8 heteroatoms. The molecule has 37 heavy (non-hydrogen) atoms. The lowest BCUT2D eigenvalue weighted by Crippen LogP contribution is -2.55. The number of halogens is 2. The first-order valence-electron chi connectivity index (χ1n) is 12.0. The summed E-state index contributed by atoms with van der Waals surface area (Å²) in [6, 6.07) is 18.8. The van der Waals surface area contributed by atoms with Crippen LogP contribution in [0.3, 0.4) is 0 Å². The fourth-order valence-electron chi connectivity index (χ4n) is 5.63. The van der Waals surface area contributed by atoms with Crippen molar-refractivity contribution in [2.24, 2.45) is 10.9 Å². The summed E-state index contributed by atoms with van der Waals surface area (Å²) in [7, 11) is 1.83. The number of fused-ring (bicyclic) bond motifs is 2. The van der Waals surface area contributed by atoms with Crippen LogP contribution in [-0.2, 0) is 18.6 Å². The first-order valence-corrected chi connectivity index (χ1v) is 12.7. The molecule has 0 radical (unpaired) electrons. The Balaban J connectivity index is 1.72. The van der Waals surface area contributed by atoms with E-state index in [-0.39, 0.29) is 5.56 Å². The number of likely N-dealkylation sites (N-methyl/N-ethyl adjacent to an activating group) is 1. The van der Waals surface area contributed by atoms with Crippen molar-refractivity contribution in [1.29, 1.82) is 0 Å². The number of aromatic nitrogens is 1. The van der Waals surface area contributed by atoms with E-state index in [1.165, 1.54) is 0 Å². The van der Waals surface area contributed by atoms with Gasteiger partial charge in [-0.25, -0.2) is 0 Å². The molecule has 1 atom stereocenters. The standard InChI is InChI=1S/C29H24Cl2N4O2/c1-3-34(2)28(33-32)29(18-9-11-19(30)12-10-18)24-15-23-22(17-6-4-7-20(31)14-17)16-25(36)35-13-5-8-21(26(23)35)27(24)37-29/h3-4,6-7,9-12,14-16H,1,5,8,13,32H2,2H3/b33-28-. The second-order valence-electron chi connectivity index (χ2n) is 9.33. The third-order valence-corrected chi connectivity index (χ3v) is 7.80. The quantitative estimate of drug-likeness (QED) is 0.154. The minimum atomic E-state index is -1.08. The first-order chi connectivity index (χ1) is 17.9. The third kappa shape index (κ3) is 3.40. The van der Waals surface area contributed by atoms with E-state index < -0.39 is 5.60 Å². The van der Waals surface area contributed by atoms with Gasteiger partial charge in [-0.1, -0.05) is 54.0 Å². The number of aryl methyl sites for hydroxylation is 2. The van der Waals surface area contributed by atoms with Gasteiger partial charge in [-0.15, -0.1) is 0 Å². The lowest BCUT2D eigenvalue weighted by Gasteiger charge is -2.48. The molecule has 0 bridgehead atoms. The Hall–Kier alpha value is -3.74. The van der Waals surface area contributed by atoms with E-state index in [1.54, 1.807) is 17.2 Å². The Morgan fingerprint density at radius 1 is 1.16 bits per heavy atom. The molecule has 2 aliphatic rings. The molecule has 2 aliphatic heterocycles. The van der Waals surface area contributed by atoms with Crippen LogP contribution in [0.2, 0.25) is 10.0 Å². The number of hydrogen-bond acceptors (Lipinski definition) is 4. The normalized spacial score (nSPS) is 18.1. The average Bonchev–Trinajstić information content (AvgIpc) is 2.90. The third-order valence-electron chi connectivity index (χ3n) is 7.32. The van der Waals surface area contributed by atoms with E-state index in [1.807, 2.05) is 60.1 Å². The van der Waals surface area contributed by atoms with Gasteiger partial charge in [-0.2, -0.15) is 5.10 Å². The fourth-order valence-corrected chi connectivity index (χ4v) is 5.94. The van der Waals surface area contributed by atoms with Crippen LogP contribution in [0.25, 0.3) is 22.0 Å². The van der Waals surface area contributed by atoms with Gasteiger partial charge in [0.15, 0.2) is 5.84 Å². The highest BCUT2D eigenvalue weighted by atomic mass is 35.5. The zero-order chi connectivity index (χ0) is 25.9. The number of hydrazone groups is 1. The van der Waals surface area contributed by atoms with Gasteiger partial charge in [0.1, 0.15) is 5.75 Å². The average molecular weight is 531 g/mol. The lowest BCUT2D eigenvalue weighted by molar-refractivity contribution is 0.112.